The number of halogens is 1. The third-order valence-corrected chi connectivity index (χ3v) is 3.53. The largest absolute Gasteiger partial charge is 1.00 e. The van der Waals surface area contributed by atoms with E-state index in [1.54, 1.807) is 24.3 Å². The molecule has 0 saturated heterocycles. The van der Waals surface area contributed by atoms with Crippen molar-refractivity contribution in [2.45, 2.75) is 6.92 Å². The van der Waals surface area contributed by atoms with Crippen LogP contribution in [-0.2, 0) is 10.0 Å². The fourth-order valence-corrected chi connectivity index (χ4v) is 2.52. The molecule has 0 aliphatic heterocycles. The van der Waals surface area contributed by atoms with Gasteiger partial charge in [-0.15, -0.1) is 0 Å². The van der Waals surface area contributed by atoms with Gasteiger partial charge in [0.05, 0.1) is 11.9 Å². The monoisotopic (exact) mass is 363 g/mol. The molecule has 0 aliphatic rings. The Hall–Kier alpha value is -1.05. The topological polar surface area (TPSA) is 72.5 Å². The van der Waals surface area contributed by atoms with Crippen LogP contribution in [0.2, 0.25) is 5.02 Å². The molecule has 0 aliphatic carbocycles. The van der Waals surface area contributed by atoms with E-state index < -0.39 is 10.0 Å². The molecule has 5 nitrogen and oxygen atoms in total. The Bertz CT molecular complexity index is 830. The second-order valence-electron chi connectivity index (χ2n) is 4.70. The second-order valence-corrected chi connectivity index (χ2v) is 6.89. The molecular weight excluding hydrogens is 349 g/mol. The number of anilines is 1. The number of carbonyl (C=O) groups is 1. The number of carbonyl (C=O) groups excluding carboxylic acids is 1. The fourth-order valence-electron chi connectivity index (χ4n) is 1.77. The van der Waals surface area contributed by atoms with Crippen molar-refractivity contribution < 1.29 is 48.9 Å². The summed E-state index contributed by atoms with van der Waals surface area (Å²) in [5.74, 6) is 0.506. The molecule has 0 heterocycles. The zero-order valence-electron chi connectivity index (χ0n) is 14.0. The summed E-state index contributed by atoms with van der Waals surface area (Å²) in [6, 6.07) is 11.2. The van der Waals surface area contributed by atoms with Crippen molar-refractivity contribution in [2.75, 3.05) is 11.0 Å². The van der Waals surface area contributed by atoms with Crippen LogP contribution in [0.25, 0.3) is 0 Å². The maximum absolute atomic E-state index is 11.5. The average molecular weight is 364 g/mol. The Balaban J connectivity index is 0.00000264. The SMILES string of the molecule is CC(=O)c1ccc(NS(C)(=O)=O)c(Oc2cccc(Cl)c2)c1.[H-].[Na+]. The van der Waals surface area contributed by atoms with Gasteiger partial charge in [0.15, 0.2) is 11.5 Å². The van der Waals surface area contributed by atoms with E-state index in [2.05, 4.69) is 4.72 Å². The molecule has 0 atom stereocenters. The van der Waals surface area contributed by atoms with Crippen LogP contribution in [-0.4, -0.2) is 20.5 Å². The zero-order chi connectivity index (χ0) is 16.3. The van der Waals surface area contributed by atoms with E-state index in [9.17, 15) is 13.2 Å². The average Bonchev–Trinajstić information content (AvgIpc) is 2.39. The minimum absolute atomic E-state index is 0. The van der Waals surface area contributed by atoms with Crippen LogP contribution in [0, 0.1) is 0 Å². The Labute approximate surface area is 163 Å². The van der Waals surface area contributed by atoms with Crippen molar-refractivity contribution in [3.63, 3.8) is 0 Å². The number of ether oxygens (including phenoxy) is 1. The van der Waals surface area contributed by atoms with Crippen molar-refractivity contribution >= 4 is 33.1 Å². The molecule has 23 heavy (non-hydrogen) atoms. The summed E-state index contributed by atoms with van der Waals surface area (Å²) in [4.78, 5) is 11.5. The van der Waals surface area contributed by atoms with Crippen LogP contribution >= 0.6 is 11.6 Å². The predicted molar refractivity (Wildman–Crippen MR) is 87.6 cm³/mol. The maximum Gasteiger partial charge on any atom is 1.00 e. The van der Waals surface area contributed by atoms with Gasteiger partial charge in [0, 0.05) is 10.6 Å². The minimum Gasteiger partial charge on any atom is -1.00 e. The van der Waals surface area contributed by atoms with E-state index in [0.29, 0.717) is 16.3 Å². The predicted octanol–water partition coefficient (Wildman–Crippen LogP) is 0.823. The minimum atomic E-state index is -3.47. The standard InChI is InChI=1S/C15H14ClNO4S.Na.H/c1-10(18)11-6-7-14(17-22(2,19)20)15(8-11)21-13-5-3-4-12(16)9-13;;/h3-9,17H,1-2H3;;/q;+1;-1. The van der Waals surface area contributed by atoms with Gasteiger partial charge in [0.1, 0.15) is 5.75 Å². The van der Waals surface area contributed by atoms with Crippen molar-refractivity contribution in [3.05, 3.63) is 53.1 Å². The normalized spacial score (nSPS) is 10.6. The Kier molecular flexibility index (Phi) is 7.10. The number of nitrogens with one attached hydrogen (secondary N) is 1. The Morgan fingerprint density at radius 1 is 1.22 bits per heavy atom. The number of Topliss-reactive ketones (excluding diaryl/α,β-unsaturated/α-hetero) is 1. The molecule has 2 aromatic carbocycles. The molecule has 0 spiro atoms. The van der Waals surface area contributed by atoms with Crippen molar-refractivity contribution in [3.8, 4) is 11.5 Å². The summed E-state index contributed by atoms with van der Waals surface area (Å²) in [5.41, 5.74) is 0.656. The summed E-state index contributed by atoms with van der Waals surface area (Å²) in [6.07, 6.45) is 1.04. The summed E-state index contributed by atoms with van der Waals surface area (Å²) in [6.45, 7) is 1.42. The molecule has 0 aromatic heterocycles. The van der Waals surface area contributed by atoms with Gasteiger partial charge >= 0.3 is 29.6 Å². The summed E-state index contributed by atoms with van der Waals surface area (Å²) in [7, 11) is -3.47. The van der Waals surface area contributed by atoms with Gasteiger partial charge in [-0.05, 0) is 43.3 Å². The van der Waals surface area contributed by atoms with Gasteiger partial charge in [0.25, 0.3) is 0 Å². The first kappa shape index (κ1) is 20.0. The van der Waals surface area contributed by atoms with Crippen molar-refractivity contribution in [1.82, 2.24) is 0 Å². The molecule has 118 valence electrons. The number of hydrogen-bond acceptors (Lipinski definition) is 4. The second kappa shape index (κ2) is 8.17. The van der Waals surface area contributed by atoms with E-state index >= 15 is 0 Å². The van der Waals surface area contributed by atoms with E-state index in [1.165, 1.54) is 25.1 Å². The molecule has 1 N–H and O–H groups in total. The van der Waals surface area contributed by atoms with Gasteiger partial charge in [-0.1, -0.05) is 17.7 Å². The van der Waals surface area contributed by atoms with Crippen molar-refractivity contribution in [1.29, 1.82) is 0 Å². The van der Waals surface area contributed by atoms with Crippen LogP contribution in [0.1, 0.15) is 18.7 Å². The van der Waals surface area contributed by atoms with Crippen LogP contribution in [0.3, 0.4) is 0 Å². The van der Waals surface area contributed by atoms with Crippen LogP contribution < -0.4 is 39.0 Å². The summed E-state index contributed by atoms with van der Waals surface area (Å²) < 4.78 is 30.9. The Morgan fingerprint density at radius 2 is 1.91 bits per heavy atom. The third kappa shape index (κ3) is 6.16. The van der Waals surface area contributed by atoms with E-state index in [-0.39, 0.29) is 48.2 Å². The molecule has 0 saturated carbocycles. The summed E-state index contributed by atoms with van der Waals surface area (Å²) >= 11 is 5.89. The molecule has 0 unspecified atom stereocenters. The summed E-state index contributed by atoms with van der Waals surface area (Å²) in [5, 5.41) is 0.484. The van der Waals surface area contributed by atoms with Crippen LogP contribution in [0.15, 0.2) is 42.5 Å². The molecule has 2 aromatic rings. The van der Waals surface area contributed by atoms with Crippen LogP contribution in [0.4, 0.5) is 5.69 Å². The molecule has 0 amide bonds. The van der Waals surface area contributed by atoms with Gasteiger partial charge in [-0.25, -0.2) is 8.42 Å². The van der Waals surface area contributed by atoms with Gasteiger partial charge in [-0.2, -0.15) is 0 Å². The molecule has 8 heteroatoms. The first-order valence-electron chi connectivity index (χ1n) is 6.31. The van der Waals surface area contributed by atoms with Crippen molar-refractivity contribution in [2.24, 2.45) is 0 Å². The number of benzene rings is 2. The molecule has 0 bridgehead atoms. The van der Waals surface area contributed by atoms with Gasteiger partial charge in [0.2, 0.25) is 10.0 Å². The molecule has 0 fully saturated rings. The van der Waals surface area contributed by atoms with Crippen LogP contribution in [0.5, 0.6) is 11.5 Å². The van der Waals surface area contributed by atoms with E-state index in [4.69, 9.17) is 16.3 Å². The fraction of sp³-hybridized carbons (Fsp3) is 0.133. The number of hydrogen-bond donors (Lipinski definition) is 1. The third-order valence-electron chi connectivity index (χ3n) is 2.71. The number of rotatable bonds is 5. The van der Waals surface area contributed by atoms with Gasteiger partial charge in [-0.3, -0.25) is 9.52 Å². The van der Waals surface area contributed by atoms with E-state index in [0.717, 1.165) is 6.26 Å². The quantitative estimate of drug-likeness (QED) is 0.630. The first-order valence-corrected chi connectivity index (χ1v) is 8.58. The number of sulfonamides is 1. The first-order chi connectivity index (χ1) is 10.2. The van der Waals surface area contributed by atoms with E-state index in [1.807, 2.05) is 0 Å². The zero-order valence-corrected chi connectivity index (χ0v) is 16.5. The maximum atomic E-state index is 11.5. The molecule has 2 rings (SSSR count). The molecule has 0 radical (unpaired) electrons. The smallest absolute Gasteiger partial charge is 1.00 e. The number of ketones is 1. The Morgan fingerprint density at radius 3 is 2.48 bits per heavy atom. The van der Waals surface area contributed by atoms with Gasteiger partial charge < -0.3 is 6.16 Å². The molecular formula is C15H15ClNNaO4S.